The first-order valence-electron chi connectivity index (χ1n) is 10.4. The Kier molecular flexibility index (Phi) is 4.42. The zero-order valence-electron chi connectivity index (χ0n) is 17.1. The molecule has 1 saturated carbocycles. The number of benzene rings is 1. The zero-order chi connectivity index (χ0) is 20.8. The van der Waals surface area contributed by atoms with Gasteiger partial charge in [-0.1, -0.05) is 30.4 Å². The maximum Gasteiger partial charge on any atom is 0.253 e. The van der Waals surface area contributed by atoms with Crippen molar-refractivity contribution >= 4 is 22.8 Å². The van der Waals surface area contributed by atoms with Crippen LogP contribution in [0, 0.1) is 6.92 Å². The van der Waals surface area contributed by atoms with E-state index in [0.717, 1.165) is 58.8 Å². The van der Waals surface area contributed by atoms with Crippen molar-refractivity contribution in [3.63, 3.8) is 0 Å². The number of nitrogens with zero attached hydrogens (tertiary/aromatic N) is 2. The number of aryl methyl sites for hydroxylation is 1. The number of H-pyrrole nitrogens is 1. The first-order chi connectivity index (χ1) is 14.5. The summed E-state index contributed by atoms with van der Waals surface area (Å²) in [5, 5.41) is 6.49. The van der Waals surface area contributed by atoms with Gasteiger partial charge in [-0.05, 0) is 38.3 Å². The number of amides is 1. The van der Waals surface area contributed by atoms with Crippen LogP contribution in [0.4, 0.5) is 5.82 Å². The molecule has 1 aromatic carbocycles. The Morgan fingerprint density at radius 1 is 1.27 bits per heavy atom. The van der Waals surface area contributed by atoms with E-state index in [1.54, 1.807) is 0 Å². The third kappa shape index (κ3) is 3.09. The summed E-state index contributed by atoms with van der Waals surface area (Å²) in [5.41, 5.74) is 7.32. The molecule has 1 aliphatic heterocycles. The molecule has 1 atom stereocenters. The maximum absolute atomic E-state index is 12.4. The highest BCUT2D eigenvalue weighted by Crippen LogP contribution is 2.34. The molecule has 3 N–H and O–H groups in total. The molecule has 6 nitrogen and oxygen atoms in total. The first-order valence-corrected chi connectivity index (χ1v) is 10.4. The Morgan fingerprint density at radius 3 is 2.87 bits per heavy atom. The molecule has 152 valence electrons. The molecule has 5 rings (SSSR count). The number of fused-ring (bicyclic) bond motifs is 2. The molecule has 0 unspecified atom stereocenters. The van der Waals surface area contributed by atoms with Gasteiger partial charge in [-0.25, -0.2) is 9.97 Å². The van der Waals surface area contributed by atoms with E-state index in [0.29, 0.717) is 18.2 Å². The normalized spacial score (nSPS) is 18.6. The lowest BCUT2D eigenvalue weighted by molar-refractivity contribution is 0.0940. The predicted octanol–water partition coefficient (Wildman–Crippen LogP) is 4.47. The van der Waals surface area contributed by atoms with E-state index in [-0.39, 0.29) is 11.8 Å². The van der Waals surface area contributed by atoms with E-state index >= 15 is 0 Å². The van der Waals surface area contributed by atoms with Crippen LogP contribution in [0.2, 0.25) is 0 Å². The van der Waals surface area contributed by atoms with Crippen LogP contribution in [0.3, 0.4) is 0 Å². The van der Waals surface area contributed by atoms with Gasteiger partial charge >= 0.3 is 0 Å². The van der Waals surface area contributed by atoms with Gasteiger partial charge in [-0.3, -0.25) is 4.79 Å². The van der Waals surface area contributed by atoms with E-state index in [4.69, 9.17) is 9.97 Å². The number of aromatic nitrogens is 3. The van der Waals surface area contributed by atoms with Crippen molar-refractivity contribution in [2.24, 2.45) is 0 Å². The van der Waals surface area contributed by atoms with Crippen molar-refractivity contribution < 1.29 is 4.79 Å². The lowest BCUT2D eigenvalue weighted by Gasteiger charge is -2.30. The van der Waals surface area contributed by atoms with Gasteiger partial charge in [0.25, 0.3) is 5.91 Å². The van der Waals surface area contributed by atoms with Crippen molar-refractivity contribution in [3.05, 3.63) is 66.0 Å². The molecule has 0 spiro atoms. The molecular weight excluding hydrogens is 374 g/mol. The average Bonchev–Trinajstić information content (AvgIpc) is 3.15. The summed E-state index contributed by atoms with van der Waals surface area (Å²) < 4.78 is 0. The molecule has 1 aliphatic carbocycles. The number of rotatable bonds is 5. The number of carbonyl (C=O) groups is 1. The molecule has 0 radical (unpaired) electrons. The van der Waals surface area contributed by atoms with Crippen molar-refractivity contribution in [1.82, 2.24) is 20.3 Å². The lowest BCUT2D eigenvalue weighted by Crippen LogP contribution is -2.34. The molecule has 1 amide bonds. The summed E-state index contributed by atoms with van der Waals surface area (Å²) in [6.07, 6.45) is 4.65. The van der Waals surface area contributed by atoms with Gasteiger partial charge in [-0.2, -0.15) is 0 Å². The van der Waals surface area contributed by atoms with Crippen molar-refractivity contribution in [2.75, 3.05) is 11.9 Å². The van der Waals surface area contributed by atoms with E-state index in [1.165, 1.54) is 5.57 Å². The van der Waals surface area contributed by atoms with Crippen molar-refractivity contribution in [1.29, 1.82) is 0 Å². The van der Waals surface area contributed by atoms with Crippen LogP contribution in [0.1, 0.15) is 46.9 Å². The number of aromatic amines is 1. The summed E-state index contributed by atoms with van der Waals surface area (Å²) in [6, 6.07) is 8.29. The van der Waals surface area contributed by atoms with Gasteiger partial charge in [0.2, 0.25) is 0 Å². The van der Waals surface area contributed by atoms with Crippen LogP contribution in [0.15, 0.2) is 49.1 Å². The van der Waals surface area contributed by atoms with Gasteiger partial charge in [0.1, 0.15) is 11.3 Å². The minimum Gasteiger partial charge on any atom is -0.365 e. The fraction of sp³-hybridized carbons (Fsp3) is 0.292. The lowest BCUT2D eigenvalue weighted by atomic mass is 9.88. The van der Waals surface area contributed by atoms with E-state index in [2.05, 4.69) is 28.8 Å². The highest BCUT2D eigenvalue weighted by molar-refractivity contribution is 6.00. The summed E-state index contributed by atoms with van der Waals surface area (Å²) in [7, 11) is 0. The molecule has 2 aliphatic rings. The Morgan fingerprint density at radius 2 is 2.10 bits per heavy atom. The highest BCUT2D eigenvalue weighted by atomic mass is 16.1. The quantitative estimate of drug-likeness (QED) is 0.553. The fourth-order valence-corrected chi connectivity index (χ4v) is 4.39. The molecule has 1 fully saturated rings. The third-order valence-corrected chi connectivity index (χ3v) is 6.03. The number of carbonyl (C=O) groups excluding carboxylic acids is 1. The summed E-state index contributed by atoms with van der Waals surface area (Å²) in [4.78, 5) is 25.6. The molecular formula is C24H25N5O. The van der Waals surface area contributed by atoms with Crippen LogP contribution in [0.5, 0.6) is 0 Å². The van der Waals surface area contributed by atoms with Gasteiger partial charge < -0.3 is 15.6 Å². The van der Waals surface area contributed by atoms with Gasteiger partial charge in [0.05, 0.1) is 16.8 Å². The van der Waals surface area contributed by atoms with Gasteiger partial charge in [0.15, 0.2) is 0 Å². The fourth-order valence-electron chi connectivity index (χ4n) is 4.39. The number of anilines is 1. The van der Waals surface area contributed by atoms with Crippen LogP contribution in [0.25, 0.3) is 22.3 Å². The second-order valence-electron chi connectivity index (χ2n) is 8.27. The molecule has 0 bridgehead atoms. The van der Waals surface area contributed by atoms with E-state index in [1.807, 2.05) is 37.3 Å². The average molecular weight is 399 g/mol. The minimum absolute atomic E-state index is 0.0393. The standard InChI is InChI=1S/C24H25N5O/c1-4-6-15-12-25-24(30)18-11-20(28-21(15)18)17-7-5-8-19-22(17)29-23(14(3)26-19)27-16-9-13(2)10-16/h4-5,7-8,11,15-16,28H,1-2,6,9-10,12H2,3H3,(H,25,30)(H,27,29)/t15-/m0/s1. The molecule has 3 aromatic rings. The molecule has 2 aromatic heterocycles. The summed E-state index contributed by atoms with van der Waals surface area (Å²) >= 11 is 0. The predicted molar refractivity (Wildman–Crippen MR) is 120 cm³/mol. The van der Waals surface area contributed by atoms with Crippen LogP contribution in [-0.2, 0) is 0 Å². The first kappa shape index (κ1) is 18.6. The van der Waals surface area contributed by atoms with Crippen LogP contribution in [-0.4, -0.2) is 33.4 Å². The van der Waals surface area contributed by atoms with Crippen molar-refractivity contribution in [3.8, 4) is 11.3 Å². The molecule has 6 heteroatoms. The maximum atomic E-state index is 12.4. The minimum atomic E-state index is -0.0393. The number of hydrogen-bond acceptors (Lipinski definition) is 4. The largest absolute Gasteiger partial charge is 0.365 e. The Balaban J connectivity index is 1.59. The summed E-state index contributed by atoms with van der Waals surface area (Å²) in [5.74, 6) is 0.977. The SMILES string of the molecule is C=CC[C@H]1CNC(=O)c2cc(-c3cccc4nc(C)c(NC5CC(=C)C5)nc34)[nH]c21. The smallest absolute Gasteiger partial charge is 0.253 e. The molecule has 0 saturated heterocycles. The number of hydrogen-bond donors (Lipinski definition) is 3. The second kappa shape index (κ2) is 7.13. The Bertz CT molecular complexity index is 1180. The number of allylic oxidation sites excluding steroid dienone is 1. The van der Waals surface area contributed by atoms with Crippen LogP contribution >= 0.6 is 0 Å². The second-order valence-corrected chi connectivity index (χ2v) is 8.27. The molecule has 30 heavy (non-hydrogen) atoms. The van der Waals surface area contributed by atoms with E-state index < -0.39 is 0 Å². The monoisotopic (exact) mass is 399 g/mol. The highest BCUT2D eigenvalue weighted by Gasteiger charge is 2.28. The van der Waals surface area contributed by atoms with Crippen molar-refractivity contribution in [2.45, 2.75) is 38.1 Å². The van der Waals surface area contributed by atoms with Gasteiger partial charge in [0, 0.05) is 35.5 Å². The third-order valence-electron chi connectivity index (χ3n) is 6.03. The Labute approximate surface area is 175 Å². The van der Waals surface area contributed by atoms with E-state index in [9.17, 15) is 4.79 Å². The summed E-state index contributed by atoms with van der Waals surface area (Å²) in [6.45, 7) is 10.5. The number of nitrogens with one attached hydrogen (secondary N) is 3. The number of para-hydroxylation sites is 1. The topological polar surface area (TPSA) is 82.7 Å². The zero-order valence-corrected chi connectivity index (χ0v) is 17.1. The molecule has 3 heterocycles. The van der Waals surface area contributed by atoms with Gasteiger partial charge in [-0.15, -0.1) is 6.58 Å². The Hall–Kier alpha value is -3.41. The van der Waals surface area contributed by atoms with Crippen LogP contribution < -0.4 is 10.6 Å².